The molecule has 0 aliphatic carbocycles. The van der Waals surface area contributed by atoms with Gasteiger partial charge in [-0.1, -0.05) is 71.2 Å². The first-order chi connectivity index (χ1) is 15.2. The molecule has 0 saturated heterocycles. The molecule has 0 aromatic heterocycles. The molecule has 5 nitrogen and oxygen atoms in total. The molecule has 0 spiro atoms. The average Bonchev–Trinajstić information content (AvgIpc) is 2.76. The second-order valence-corrected chi connectivity index (χ2v) is 10.3. The molecule has 0 aliphatic rings. The third-order valence-electron chi connectivity index (χ3n) is 4.80. The van der Waals surface area contributed by atoms with Crippen molar-refractivity contribution in [3.05, 3.63) is 92.9 Å². The molecular formula is C23H21Cl3N2O3S. The molecule has 9 heteroatoms. The maximum Gasteiger partial charge on any atom is 0.245 e. The minimum atomic E-state index is -4.10. The Hall–Kier alpha value is -2.09. The van der Waals surface area contributed by atoms with Crippen LogP contribution < -0.4 is 5.32 Å². The SMILES string of the molecule is Cc1ccc(Cl)cc1NC(=O)CN(CCc1ccccc1)S(=O)(=O)c1cc(Cl)ccc1Cl. The molecule has 168 valence electrons. The second kappa shape index (κ2) is 10.7. The summed E-state index contributed by atoms with van der Waals surface area (Å²) in [6.07, 6.45) is 0.418. The lowest BCUT2D eigenvalue weighted by Gasteiger charge is -2.23. The molecule has 0 aliphatic heterocycles. The molecule has 1 amide bonds. The molecule has 32 heavy (non-hydrogen) atoms. The van der Waals surface area contributed by atoms with Gasteiger partial charge in [0.15, 0.2) is 0 Å². The van der Waals surface area contributed by atoms with Crippen LogP contribution in [0.5, 0.6) is 0 Å². The Balaban J connectivity index is 1.88. The number of benzene rings is 3. The average molecular weight is 512 g/mol. The molecule has 0 bridgehead atoms. The number of carbonyl (C=O) groups is 1. The Morgan fingerprint density at radius 1 is 0.938 bits per heavy atom. The highest BCUT2D eigenvalue weighted by atomic mass is 35.5. The molecule has 1 N–H and O–H groups in total. The molecule has 0 atom stereocenters. The quantitative estimate of drug-likeness (QED) is 0.414. The van der Waals surface area contributed by atoms with Gasteiger partial charge in [0.1, 0.15) is 4.90 Å². The molecule has 0 radical (unpaired) electrons. The van der Waals surface area contributed by atoms with Gasteiger partial charge in [-0.25, -0.2) is 8.42 Å². The van der Waals surface area contributed by atoms with Crippen LogP contribution in [0.25, 0.3) is 0 Å². The highest BCUT2D eigenvalue weighted by molar-refractivity contribution is 7.89. The van der Waals surface area contributed by atoms with Crippen LogP contribution >= 0.6 is 34.8 Å². The number of anilines is 1. The lowest BCUT2D eigenvalue weighted by Crippen LogP contribution is -2.39. The van der Waals surface area contributed by atoms with E-state index in [2.05, 4.69) is 5.32 Å². The van der Waals surface area contributed by atoms with Crippen molar-refractivity contribution in [2.45, 2.75) is 18.2 Å². The number of amides is 1. The van der Waals surface area contributed by atoms with Gasteiger partial charge in [0.2, 0.25) is 15.9 Å². The van der Waals surface area contributed by atoms with E-state index >= 15 is 0 Å². The number of rotatable bonds is 8. The van der Waals surface area contributed by atoms with E-state index in [0.29, 0.717) is 17.1 Å². The molecule has 0 heterocycles. The van der Waals surface area contributed by atoms with Gasteiger partial charge in [-0.15, -0.1) is 0 Å². The summed E-state index contributed by atoms with van der Waals surface area (Å²) in [5.74, 6) is -0.495. The van der Waals surface area contributed by atoms with Crippen LogP contribution in [0.2, 0.25) is 15.1 Å². The Bertz CT molecular complexity index is 1220. The van der Waals surface area contributed by atoms with Gasteiger partial charge in [0.25, 0.3) is 0 Å². The monoisotopic (exact) mass is 510 g/mol. The fourth-order valence-electron chi connectivity index (χ4n) is 3.08. The van der Waals surface area contributed by atoms with Crippen LogP contribution in [0.4, 0.5) is 5.69 Å². The number of hydrogen-bond donors (Lipinski definition) is 1. The predicted molar refractivity (Wildman–Crippen MR) is 130 cm³/mol. The lowest BCUT2D eigenvalue weighted by molar-refractivity contribution is -0.116. The van der Waals surface area contributed by atoms with Crippen LogP contribution in [-0.4, -0.2) is 31.7 Å². The molecule has 3 aromatic rings. The van der Waals surface area contributed by atoms with E-state index in [4.69, 9.17) is 34.8 Å². The third kappa shape index (κ3) is 6.24. The van der Waals surface area contributed by atoms with Gasteiger partial charge >= 0.3 is 0 Å². The number of nitrogens with one attached hydrogen (secondary N) is 1. The van der Waals surface area contributed by atoms with Crippen LogP contribution in [0, 0.1) is 6.92 Å². The lowest BCUT2D eigenvalue weighted by atomic mass is 10.1. The van der Waals surface area contributed by atoms with Crippen molar-refractivity contribution in [3.8, 4) is 0 Å². The zero-order valence-corrected chi connectivity index (χ0v) is 20.3. The Morgan fingerprint density at radius 2 is 1.59 bits per heavy atom. The highest BCUT2D eigenvalue weighted by Gasteiger charge is 2.29. The summed E-state index contributed by atoms with van der Waals surface area (Å²) in [5, 5.41) is 3.47. The molecular weight excluding hydrogens is 491 g/mol. The minimum Gasteiger partial charge on any atom is -0.325 e. The van der Waals surface area contributed by atoms with Gasteiger partial charge in [-0.2, -0.15) is 4.31 Å². The van der Waals surface area contributed by atoms with Crippen LogP contribution in [0.3, 0.4) is 0 Å². The summed E-state index contributed by atoms with van der Waals surface area (Å²) in [7, 11) is -4.10. The van der Waals surface area contributed by atoms with Crippen molar-refractivity contribution in [2.75, 3.05) is 18.4 Å². The van der Waals surface area contributed by atoms with E-state index in [1.165, 1.54) is 18.2 Å². The summed E-state index contributed by atoms with van der Waals surface area (Å²) < 4.78 is 27.9. The maximum atomic E-state index is 13.4. The van der Waals surface area contributed by atoms with E-state index in [1.807, 2.05) is 37.3 Å². The first-order valence-corrected chi connectivity index (χ1v) is 12.3. The predicted octanol–water partition coefficient (Wildman–Crippen LogP) is 5.83. The van der Waals surface area contributed by atoms with Gasteiger partial charge in [0, 0.05) is 22.3 Å². The van der Waals surface area contributed by atoms with E-state index in [0.717, 1.165) is 15.4 Å². The van der Waals surface area contributed by atoms with Gasteiger partial charge in [0.05, 0.1) is 11.6 Å². The molecule has 3 rings (SSSR count). The van der Waals surface area contributed by atoms with E-state index in [1.54, 1.807) is 18.2 Å². The van der Waals surface area contributed by atoms with Gasteiger partial charge in [-0.05, 0) is 54.8 Å². The van der Waals surface area contributed by atoms with Crippen molar-refractivity contribution in [3.63, 3.8) is 0 Å². The second-order valence-electron chi connectivity index (χ2n) is 7.16. The molecule has 0 saturated carbocycles. The number of nitrogens with zero attached hydrogens (tertiary/aromatic N) is 1. The first-order valence-electron chi connectivity index (χ1n) is 9.72. The topological polar surface area (TPSA) is 66.5 Å². The largest absolute Gasteiger partial charge is 0.325 e. The number of carbonyl (C=O) groups excluding carboxylic acids is 1. The summed E-state index contributed by atoms with van der Waals surface area (Å²) >= 11 is 18.2. The Kier molecular flexibility index (Phi) is 8.20. The van der Waals surface area contributed by atoms with Crippen LogP contribution in [-0.2, 0) is 21.2 Å². The maximum absolute atomic E-state index is 13.4. The Morgan fingerprint density at radius 3 is 2.31 bits per heavy atom. The minimum absolute atomic E-state index is 0.0326. The number of halogens is 3. The smallest absolute Gasteiger partial charge is 0.245 e. The summed E-state index contributed by atoms with van der Waals surface area (Å²) in [6.45, 7) is 1.50. The molecule has 0 fully saturated rings. The standard InChI is InChI=1S/C23H21Cl3N2O3S/c1-16-7-8-18(24)13-21(16)27-23(29)15-28(12-11-17-5-3-2-4-6-17)32(30,31)22-14-19(25)9-10-20(22)26/h2-10,13-14H,11-12,15H2,1H3,(H,27,29). The van der Waals surface area contributed by atoms with Crippen LogP contribution in [0.15, 0.2) is 71.6 Å². The van der Waals surface area contributed by atoms with E-state index in [9.17, 15) is 13.2 Å². The van der Waals surface area contributed by atoms with Crippen molar-refractivity contribution >= 4 is 56.4 Å². The summed E-state index contributed by atoms with van der Waals surface area (Å²) in [6, 6.07) is 18.7. The van der Waals surface area contributed by atoms with Crippen molar-refractivity contribution in [1.82, 2.24) is 4.31 Å². The van der Waals surface area contributed by atoms with Crippen LogP contribution in [0.1, 0.15) is 11.1 Å². The van der Waals surface area contributed by atoms with Gasteiger partial charge < -0.3 is 5.32 Å². The zero-order chi connectivity index (χ0) is 23.3. The number of hydrogen-bond acceptors (Lipinski definition) is 3. The number of aryl methyl sites for hydroxylation is 1. The summed E-state index contributed by atoms with van der Waals surface area (Å²) in [5.41, 5.74) is 2.26. The number of sulfonamides is 1. The van der Waals surface area contributed by atoms with E-state index in [-0.39, 0.29) is 21.5 Å². The Labute approximate surface area is 203 Å². The zero-order valence-electron chi connectivity index (χ0n) is 17.2. The van der Waals surface area contributed by atoms with Crippen molar-refractivity contribution in [2.24, 2.45) is 0 Å². The van der Waals surface area contributed by atoms with Crippen molar-refractivity contribution in [1.29, 1.82) is 0 Å². The third-order valence-corrected chi connectivity index (χ3v) is 7.59. The molecule has 3 aromatic carbocycles. The highest BCUT2D eigenvalue weighted by Crippen LogP contribution is 2.28. The molecule has 0 unspecified atom stereocenters. The van der Waals surface area contributed by atoms with Gasteiger partial charge in [-0.3, -0.25) is 4.79 Å². The summed E-state index contributed by atoms with van der Waals surface area (Å²) in [4.78, 5) is 12.7. The van der Waals surface area contributed by atoms with E-state index < -0.39 is 22.5 Å². The first kappa shape index (κ1) is 24.6. The fraction of sp³-hybridized carbons (Fsp3) is 0.174. The normalized spacial score (nSPS) is 11.5. The van der Waals surface area contributed by atoms with Crippen molar-refractivity contribution < 1.29 is 13.2 Å². The fourth-order valence-corrected chi connectivity index (χ4v) is 5.38.